The number of hydrogen-bond donors (Lipinski definition) is 0. The maximum atomic E-state index is 13.1. The van der Waals surface area contributed by atoms with Crippen molar-refractivity contribution in [1.29, 1.82) is 0 Å². The molecule has 0 saturated carbocycles. The van der Waals surface area contributed by atoms with Crippen LogP contribution in [0.1, 0.15) is 49.4 Å². The van der Waals surface area contributed by atoms with Crippen LogP contribution in [-0.4, -0.2) is 41.5 Å². The number of allylic oxidation sites excluding steroid dienone is 3. The Hall–Kier alpha value is -3.22. The van der Waals surface area contributed by atoms with E-state index < -0.39 is 17.7 Å². The maximum absolute atomic E-state index is 13.1. The summed E-state index contributed by atoms with van der Waals surface area (Å²) in [5.41, 5.74) is 6.55. The van der Waals surface area contributed by atoms with Crippen LogP contribution in [0.15, 0.2) is 53.6 Å². The summed E-state index contributed by atoms with van der Waals surface area (Å²) in [5.74, 6) is -0.473. The summed E-state index contributed by atoms with van der Waals surface area (Å²) in [6.45, 7) is 16.4. The summed E-state index contributed by atoms with van der Waals surface area (Å²) in [6.07, 6.45) is 4.57. The zero-order valence-electron chi connectivity index (χ0n) is 23.0. The fraction of sp³-hybridized carbons (Fsp3) is 0.367. The molecule has 0 aliphatic carbocycles. The lowest BCUT2D eigenvalue weighted by molar-refractivity contribution is -0.164. The molecular weight excluding hydrogens is 486 g/mol. The van der Waals surface area contributed by atoms with Gasteiger partial charge in [-0.2, -0.15) is 0 Å². The van der Waals surface area contributed by atoms with Crippen LogP contribution in [0.4, 0.5) is 0 Å². The summed E-state index contributed by atoms with van der Waals surface area (Å²) in [6, 6.07) is 7.62. The molecule has 1 aromatic carbocycles. The van der Waals surface area contributed by atoms with E-state index in [1.165, 1.54) is 7.11 Å². The van der Waals surface area contributed by atoms with Crippen LogP contribution in [0.25, 0.3) is 22.2 Å². The third kappa shape index (κ3) is 6.03. The molecule has 3 rings (SSSR count). The second-order valence-corrected chi connectivity index (χ2v) is 10.4. The van der Waals surface area contributed by atoms with E-state index in [4.69, 9.17) is 26.1 Å². The van der Waals surface area contributed by atoms with Gasteiger partial charge in [-0.1, -0.05) is 36.4 Å². The molecule has 0 N–H and O–H groups in total. The quantitative estimate of drug-likeness (QED) is 0.180. The number of aryl methyl sites for hydroxylation is 2. The number of ether oxygens (including phenoxy) is 2. The van der Waals surface area contributed by atoms with Gasteiger partial charge in [0.15, 0.2) is 6.10 Å². The van der Waals surface area contributed by atoms with Crippen LogP contribution < -0.4 is 0 Å². The molecule has 0 fully saturated rings. The zero-order valence-corrected chi connectivity index (χ0v) is 23.7. The minimum absolute atomic E-state index is 0.473. The summed E-state index contributed by atoms with van der Waals surface area (Å²) < 4.78 is 13.7. The molecule has 0 amide bonds. The van der Waals surface area contributed by atoms with Gasteiger partial charge in [-0.3, -0.25) is 4.99 Å². The Bertz CT molecular complexity index is 1380. The molecule has 0 radical (unpaired) electrons. The fourth-order valence-corrected chi connectivity index (χ4v) is 4.58. The van der Waals surface area contributed by atoms with Gasteiger partial charge in [0.05, 0.1) is 12.7 Å². The third-order valence-electron chi connectivity index (χ3n) is 6.31. The van der Waals surface area contributed by atoms with Crippen LogP contribution in [0.5, 0.6) is 0 Å². The van der Waals surface area contributed by atoms with Gasteiger partial charge in [0.1, 0.15) is 5.65 Å². The minimum atomic E-state index is -0.958. The number of carbonyl (C=O) groups is 1. The molecule has 0 bridgehead atoms. The molecule has 2 heterocycles. The number of carbonyl (C=O) groups excluding carboxylic acids is 1. The lowest BCUT2D eigenvalue weighted by Crippen LogP contribution is -2.29. The third-order valence-corrected chi connectivity index (χ3v) is 6.56. The van der Waals surface area contributed by atoms with Gasteiger partial charge in [-0.15, -0.1) is 0 Å². The molecule has 0 aliphatic rings. The van der Waals surface area contributed by atoms with E-state index >= 15 is 0 Å². The molecule has 196 valence electrons. The number of aromatic nitrogens is 2. The molecule has 6 nitrogen and oxygen atoms in total. The summed E-state index contributed by atoms with van der Waals surface area (Å²) in [5, 5.41) is 1.59. The Labute approximate surface area is 224 Å². The number of rotatable bonds is 8. The number of esters is 1. The summed E-state index contributed by atoms with van der Waals surface area (Å²) in [4.78, 5) is 22.2. The van der Waals surface area contributed by atoms with Gasteiger partial charge < -0.3 is 14.0 Å². The second kappa shape index (κ2) is 11.4. The molecular formula is C30H36ClN3O3. The molecule has 1 atom stereocenters. The van der Waals surface area contributed by atoms with Crippen LogP contribution >= 0.6 is 11.6 Å². The standard InChI is InChI=1S/C30H36ClN3O3/c1-10-21(15-16-32-8)17-34-20(4)18(2)24-26(22-11-13-23(31)14-12-22)25(19(3)33-28(24)34)27(29(35)36-9)37-30(5,6)7/h10-16,27H,1,17H2,2-9H3/b21-15+,32-16?. The van der Waals surface area contributed by atoms with Crippen molar-refractivity contribution in [3.8, 4) is 11.1 Å². The first-order chi connectivity index (χ1) is 17.4. The lowest BCUT2D eigenvalue weighted by Gasteiger charge is -2.29. The van der Waals surface area contributed by atoms with E-state index in [0.29, 0.717) is 22.8 Å². The Morgan fingerprint density at radius 1 is 1.22 bits per heavy atom. The first kappa shape index (κ1) is 28.4. The topological polar surface area (TPSA) is 65.7 Å². The van der Waals surface area contributed by atoms with Crippen molar-refractivity contribution in [3.63, 3.8) is 0 Å². The predicted molar refractivity (Wildman–Crippen MR) is 153 cm³/mol. The first-order valence-electron chi connectivity index (χ1n) is 12.2. The summed E-state index contributed by atoms with van der Waals surface area (Å²) in [7, 11) is 3.11. The number of nitrogens with zero attached hydrogens (tertiary/aromatic N) is 3. The van der Waals surface area contributed by atoms with Crippen molar-refractivity contribution in [3.05, 3.63) is 76.1 Å². The highest BCUT2D eigenvalue weighted by Crippen LogP contribution is 2.42. The monoisotopic (exact) mass is 521 g/mol. The maximum Gasteiger partial charge on any atom is 0.339 e. The van der Waals surface area contributed by atoms with E-state index in [0.717, 1.165) is 39.0 Å². The lowest BCUT2D eigenvalue weighted by atomic mass is 9.91. The average molecular weight is 522 g/mol. The second-order valence-electron chi connectivity index (χ2n) is 9.97. The van der Waals surface area contributed by atoms with Crippen molar-refractivity contribution in [2.24, 2.45) is 4.99 Å². The zero-order chi connectivity index (χ0) is 27.5. The van der Waals surface area contributed by atoms with Crippen molar-refractivity contribution in [2.45, 2.75) is 59.8 Å². The number of fused-ring (bicyclic) bond motifs is 1. The molecule has 3 aromatic rings. The van der Waals surface area contributed by atoms with Crippen LogP contribution in [0.2, 0.25) is 5.02 Å². The Morgan fingerprint density at radius 2 is 1.86 bits per heavy atom. The number of pyridine rings is 1. The molecule has 0 spiro atoms. The van der Waals surface area contributed by atoms with Gasteiger partial charge in [0, 0.05) is 52.7 Å². The molecule has 0 aliphatic heterocycles. The number of benzene rings is 1. The van der Waals surface area contributed by atoms with E-state index in [1.54, 1.807) is 13.3 Å². The van der Waals surface area contributed by atoms with Gasteiger partial charge in [-0.05, 0) is 76.5 Å². The number of hydrogen-bond acceptors (Lipinski definition) is 5. The van der Waals surface area contributed by atoms with Crippen molar-refractivity contribution < 1.29 is 14.3 Å². The molecule has 2 aromatic heterocycles. The number of methoxy groups -OCH3 is 1. The SMILES string of the molecule is C=C/C(=C\C=NC)Cn1c(C)c(C)c2c(-c3ccc(Cl)cc3)c(C(OC(C)(C)C)C(=O)OC)c(C)nc21. The Morgan fingerprint density at radius 3 is 2.41 bits per heavy atom. The number of aliphatic imine (C=N–C) groups is 1. The molecule has 0 saturated heterocycles. The Balaban J connectivity index is 2.46. The molecule has 37 heavy (non-hydrogen) atoms. The fourth-order valence-electron chi connectivity index (χ4n) is 4.45. The van der Waals surface area contributed by atoms with Gasteiger partial charge in [0.2, 0.25) is 0 Å². The number of halogens is 1. The smallest absolute Gasteiger partial charge is 0.339 e. The largest absolute Gasteiger partial charge is 0.467 e. The normalized spacial score (nSPS) is 13.4. The van der Waals surface area contributed by atoms with E-state index in [1.807, 2.05) is 64.1 Å². The first-order valence-corrected chi connectivity index (χ1v) is 12.6. The van der Waals surface area contributed by atoms with Crippen molar-refractivity contribution in [1.82, 2.24) is 9.55 Å². The highest BCUT2D eigenvalue weighted by atomic mass is 35.5. The van der Waals surface area contributed by atoms with Gasteiger partial charge in [0.25, 0.3) is 0 Å². The van der Waals surface area contributed by atoms with Crippen LogP contribution in [0.3, 0.4) is 0 Å². The Kier molecular flexibility index (Phi) is 8.77. The summed E-state index contributed by atoms with van der Waals surface area (Å²) >= 11 is 6.24. The van der Waals surface area contributed by atoms with Crippen LogP contribution in [0, 0.1) is 20.8 Å². The van der Waals surface area contributed by atoms with E-state index in [9.17, 15) is 4.79 Å². The van der Waals surface area contributed by atoms with Crippen molar-refractivity contribution in [2.75, 3.05) is 14.2 Å². The van der Waals surface area contributed by atoms with Crippen molar-refractivity contribution >= 4 is 34.8 Å². The van der Waals surface area contributed by atoms with E-state index in [-0.39, 0.29) is 0 Å². The minimum Gasteiger partial charge on any atom is -0.467 e. The molecule has 7 heteroatoms. The predicted octanol–water partition coefficient (Wildman–Crippen LogP) is 7.12. The van der Waals surface area contributed by atoms with E-state index in [2.05, 4.69) is 30.0 Å². The average Bonchev–Trinajstić information content (AvgIpc) is 3.08. The molecule has 1 unspecified atom stereocenters. The van der Waals surface area contributed by atoms with Crippen LogP contribution in [-0.2, 0) is 20.8 Å². The highest BCUT2D eigenvalue weighted by molar-refractivity contribution is 6.30. The van der Waals surface area contributed by atoms with Gasteiger partial charge >= 0.3 is 5.97 Å². The van der Waals surface area contributed by atoms with Gasteiger partial charge in [-0.25, -0.2) is 9.78 Å². The highest BCUT2D eigenvalue weighted by Gasteiger charge is 2.34.